The van der Waals surface area contributed by atoms with Gasteiger partial charge in [-0.15, -0.1) is 12.3 Å². The number of carbonyl (C=O) groups excluding carboxylic acids is 1. The number of pyridine rings is 1. The summed E-state index contributed by atoms with van der Waals surface area (Å²) < 4.78 is 12.3. The summed E-state index contributed by atoms with van der Waals surface area (Å²) in [7, 11) is 0. The predicted octanol–water partition coefficient (Wildman–Crippen LogP) is 3.09. The molecule has 1 atom stereocenters. The lowest BCUT2D eigenvalue weighted by atomic mass is 9.85. The zero-order chi connectivity index (χ0) is 20.0. The molecule has 1 aromatic rings. The maximum Gasteiger partial charge on any atom is 0.220 e. The molecule has 7 heteroatoms. The van der Waals surface area contributed by atoms with Crippen LogP contribution in [-0.2, 0) is 26.5 Å². The fourth-order valence-electron chi connectivity index (χ4n) is 3.86. The van der Waals surface area contributed by atoms with E-state index in [2.05, 4.69) is 26.4 Å². The number of nitrogens with one attached hydrogen (secondary N) is 1. The van der Waals surface area contributed by atoms with Crippen LogP contribution in [0.1, 0.15) is 57.2 Å². The Bertz CT molecular complexity index is 759. The Labute approximate surface area is 166 Å². The smallest absolute Gasteiger partial charge is 0.220 e. The second-order valence-corrected chi connectivity index (χ2v) is 7.08. The average Bonchev–Trinajstić information content (AvgIpc) is 3.48. The van der Waals surface area contributed by atoms with E-state index in [1.54, 1.807) is 6.20 Å². The van der Waals surface area contributed by atoms with E-state index in [-0.39, 0.29) is 11.9 Å². The van der Waals surface area contributed by atoms with Crippen molar-refractivity contribution in [3.63, 3.8) is 0 Å². The molecule has 0 spiro atoms. The summed E-state index contributed by atoms with van der Waals surface area (Å²) in [6.45, 7) is 4.78. The van der Waals surface area contributed by atoms with Crippen LogP contribution in [0.3, 0.4) is 0 Å². The predicted molar refractivity (Wildman–Crippen MR) is 104 cm³/mol. The number of rotatable bonds is 10. The Morgan fingerprint density at radius 1 is 1.32 bits per heavy atom. The van der Waals surface area contributed by atoms with Gasteiger partial charge in [0.05, 0.1) is 6.04 Å². The Morgan fingerprint density at radius 3 is 2.71 bits per heavy atom. The summed E-state index contributed by atoms with van der Waals surface area (Å²) in [5.74, 6) is 1.53. The summed E-state index contributed by atoms with van der Waals surface area (Å²) in [5.41, 5.74) is 1.40. The molecule has 3 rings (SSSR count). The van der Waals surface area contributed by atoms with Crippen molar-refractivity contribution in [3.05, 3.63) is 29.6 Å². The summed E-state index contributed by atoms with van der Waals surface area (Å²) in [5, 5.41) is 11.3. The Hall–Kier alpha value is -2.30. The van der Waals surface area contributed by atoms with Gasteiger partial charge >= 0.3 is 0 Å². The lowest BCUT2D eigenvalue weighted by molar-refractivity contribution is -0.264. The number of hydrogen-bond donors (Lipinski definition) is 1. The van der Waals surface area contributed by atoms with Gasteiger partial charge in [0.25, 0.3) is 0 Å². The van der Waals surface area contributed by atoms with Gasteiger partial charge in [0.15, 0.2) is 5.66 Å². The van der Waals surface area contributed by atoms with E-state index in [0.717, 1.165) is 17.7 Å². The molecule has 28 heavy (non-hydrogen) atoms. The van der Waals surface area contributed by atoms with Crippen LogP contribution in [0.5, 0.6) is 0 Å². The van der Waals surface area contributed by atoms with Crippen LogP contribution >= 0.6 is 0 Å². The average molecular weight is 384 g/mol. The minimum absolute atomic E-state index is 0.0569. The number of hydrogen-bond acceptors (Lipinski definition) is 6. The molecule has 7 nitrogen and oxygen atoms in total. The Balaban J connectivity index is 1.71. The highest BCUT2D eigenvalue weighted by Crippen LogP contribution is 2.40. The van der Waals surface area contributed by atoms with Gasteiger partial charge in [-0.25, -0.2) is 0 Å². The minimum atomic E-state index is -1.02. The van der Waals surface area contributed by atoms with Gasteiger partial charge in [0.2, 0.25) is 11.7 Å². The molecule has 1 aliphatic heterocycles. The minimum Gasteiger partial charge on any atom is -0.348 e. The largest absolute Gasteiger partial charge is 0.348 e. The van der Waals surface area contributed by atoms with Crippen molar-refractivity contribution >= 4 is 5.91 Å². The number of fused-ring (bicyclic) bond motifs is 1. The molecular formula is C21H28N4O3. The lowest BCUT2D eigenvalue weighted by Crippen LogP contribution is -2.56. The van der Waals surface area contributed by atoms with E-state index in [4.69, 9.17) is 15.9 Å². The van der Waals surface area contributed by atoms with Crippen LogP contribution in [0.25, 0.3) is 0 Å². The molecule has 0 bridgehead atoms. The Morgan fingerprint density at radius 2 is 2.07 bits per heavy atom. The van der Waals surface area contributed by atoms with Crippen LogP contribution in [-0.4, -0.2) is 35.8 Å². The normalized spacial score (nSPS) is 20.8. The highest BCUT2D eigenvalue weighted by Gasteiger charge is 2.48. The third kappa shape index (κ3) is 4.23. The summed E-state index contributed by atoms with van der Waals surface area (Å²) in [4.78, 5) is 17.2. The summed E-state index contributed by atoms with van der Waals surface area (Å²) >= 11 is 0. The SMILES string of the molecule is C#CCCC1(CCC(=O)NC2CCc3ncccc3C2(OCC)OCC)N=N1. The van der Waals surface area contributed by atoms with Crippen molar-refractivity contribution in [3.8, 4) is 12.3 Å². The van der Waals surface area contributed by atoms with E-state index in [0.29, 0.717) is 45.3 Å². The molecule has 0 saturated carbocycles. The maximum atomic E-state index is 12.7. The molecule has 0 aromatic carbocycles. The molecule has 0 fully saturated rings. The number of amides is 1. The fraction of sp³-hybridized carbons (Fsp3) is 0.619. The fourth-order valence-corrected chi connectivity index (χ4v) is 3.86. The quantitative estimate of drug-likeness (QED) is 0.496. The van der Waals surface area contributed by atoms with Crippen LogP contribution < -0.4 is 5.32 Å². The first kappa shape index (κ1) is 20.4. The van der Waals surface area contributed by atoms with E-state index in [1.807, 2.05) is 26.0 Å². The molecule has 1 N–H and O–H groups in total. The third-order valence-corrected chi connectivity index (χ3v) is 5.25. The van der Waals surface area contributed by atoms with Crippen LogP contribution in [0.2, 0.25) is 0 Å². The van der Waals surface area contributed by atoms with Gasteiger partial charge in [-0.3, -0.25) is 9.78 Å². The maximum absolute atomic E-state index is 12.7. The monoisotopic (exact) mass is 384 g/mol. The van der Waals surface area contributed by atoms with Crippen molar-refractivity contribution in [2.75, 3.05) is 13.2 Å². The molecule has 2 heterocycles. The van der Waals surface area contributed by atoms with E-state index >= 15 is 0 Å². The summed E-state index contributed by atoms with van der Waals surface area (Å²) in [6, 6.07) is 3.57. The number of aryl methyl sites for hydroxylation is 1. The number of carbonyl (C=O) groups is 1. The zero-order valence-corrected chi connectivity index (χ0v) is 16.6. The van der Waals surface area contributed by atoms with Crippen LogP contribution in [0, 0.1) is 12.3 Å². The van der Waals surface area contributed by atoms with Gasteiger partial charge in [-0.2, -0.15) is 10.2 Å². The standard InChI is InChI=1S/C21H28N4O3/c1-4-7-13-20(24-25-20)14-12-19(26)23-18-11-10-17-16(9-8-15-22-17)21(18,27-5-2)28-6-3/h1,8-9,15,18H,5-7,10-14H2,2-3H3,(H,23,26). The lowest BCUT2D eigenvalue weighted by Gasteiger charge is -2.44. The van der Waals surface area contributed by atoms with Crippen molar-refractivity contribution in [1.29, 1.82) is 0 Å². The van der Waals surface area contributed by atoms with E-state index in [1.165, 1.54) is 0 Å². The molecule has 2 aliphatic rings. The van der Waals surface area contributed by atoms with Crippen LogP contribution in [0.15, 0.2) is 28.6 Å². The van der Waals surface area contributed by atoms with Gasteiger partial charge in [-0.05, 0) is 32.8 Å². The topological polar surface area (TPSA) is 85.2 Å². The van der Waals surface area contributed by atoms with Crippen molar-refractivity contribution in [1.82, 2.24) is 10.3 Å². The highest BCUT2D eigenvalue weighted by atomic mass is 16.7. The Kier molecular flexibility index (Phi) is 6.42. The van der Waals surface area contributed by atoms with Crippen molar-refractivity contribution in [2.45, 2.75) is 69.9 Å². The number of ether oxygens (including phenoxy) is 2. The second kappa shape index (κ2) is 8.80. The highest BCUT2D eigenvalue weighted by molar-refractivity contribution is 5.76. The molecule has 0 saturated heterocycles. The molecule has 150 valence electrons. The van der Waals surface area contributed by atoms with Gasteiger partial charge in [0.1, 0.15) is 0 Å². The van der Waals surface area contributed by atoms with E-state index < -0.39 is 11.4 Å². The molecular weight excluding hydrogens is 356 g/mol. The molecule has 0 radical (unpaired) electrons. The van der Waals surface area contributed by atoms with Gasteiger partial charge in [0, 0.05) is 56.4 Å². The summed E-state index contributed by atoms with van der Waals surface area (Å²) in [6.07, 6.45) is 10.8. The van der Waals surface area contributed by atoms with E-state index in [9.17, 15) is 4.79 Å². The number of nitrogens with zero attached hydrogens (tertiary/aromatic N) is 3. The zero-order valence-electron chi connectivity index (χ0n) is 16.6. The van der Waals surface area contributed by atoms with Gasteiger partial charge < -0.3 is 14.8 Å². The number of terminal acetylenes is 1. The second-order valence-electron chi connectivity index (χ2n) is 7.08. The first-order valence-corrected chi connectivity index (χ1v) is 9.98. The molecule has 1 aliphatic carbocycles. The molecule has 1 aromatic heterocycles. The van der Waals surface area contributed by atoms with Crippen molar-refractivity contribution < 1.29 is 14.3 Å². The third-order valence-electron chi connectivity index (χ3n) is 5.25. The van der Waals surface area contributed by atoms with Crippen LogP contribution in [0.4, 0.5) is 0 Å². The first-order valence-electron chi connectivity index (χ1n) is 9.98. The molecule has 1 unspecified atom stereocenters. The number of aromatic nitrogens is 1. The van der Waals surface area contributed by atoms with Gasteiger partial charge in [-0.1, -0.05) is 6.07 Å². The van der Waals surface area contributed by atoms with Crippen molar-refractivity contribution in [2.24, 2.45) is 10.2 Å². The first-order chi connectivity index (χ1) is 13.6. The molecule has 1 amide bonds.